The molecule has 1 aromatic carbocycles. The van der Waals surface area contributed by atoms with E-state index in [0.717, 1.165) is 26.1 Å². The van der Waals surface area contributed by atoms with Crippen LogP contribution in [0.3, 0.4) is 0 Å². The van der Waals surface area contributed by atoms with Gasteiger partial charge in [-0.3, -0.25) is 4.90 Å². The first-order chi connectivity index (χ1) is 9.56. The molecule has 1 heterocycles. The van der Waals surface area contributed by atoms with Crippen LogP contribution in [0.25, 0.3) is 0 Å². The average Bonchev–Trinajstić information content (AvgIpc) is 2.42. The molecule has 0 spiro atoms. The predicted molar refractivity (Wildman–Crippen MR) is 84.1 cm³/mol. The van der Waals surface area contributed by atoms with E-state index < -0.39 is 0 Å². The summed E-state index contributed by atoms with van der Waals surface area (Å²) in [5.74, 6) is 0. The van der Waals surface area contributed by atoms with E-state index >= 15 is 0 Å². The van der Waals surface area contributed by atoms with Gasteiger partial charge in [0.05, 0.1) is 12.7 Å². The van der Waals surface area contributed by atoms with Gasteiger partial charge in [-0.25, -0.2) is 0 Å². The number of morpholine rings is 1. The molecule has 0 saturated carbocycles. The summed E-state index contributed by atoms with van der Waals surface area (Å²) < 4.78 is 5.78. The van der Waals surface area contributed by atoms with Gasteiger partial charge in [0.2, 0.25) is 0 Å². The molecule has 2 atom stereocenters. The first-order valence-electron chi connectivity index (χ1n) is 7.70. The van der Waals surface area contributed by atoms with Gasteiger partial charge in [-0.05, 0) is 43.9 Å². The van der Waals surface area contributed by atoms with Gasteiger partial charge in [-0.2, -0.15) is 0 Å². The standard InChI is InChI=1S/C17H28N2O/c1-5-15-11-19(6-7-20-15)16(10-18)17-13(3)8-12(2)9-14(17)4/h8-9,15-16H,5-7,10-11,18H2,1-4H3. The molecule has 3 heteroatoms. The number of benzene rings is 1. The second-order valence-corrected chi connectivity index (χ2v) is 5.96. The molecule has 1 saturated heterocycles. The number of hydrogen-bond acceptors (Lipinski definition) is 3. The monoisotopic (exact) mass is 276 g/mol. The normalized spacial score (nSPS) is 21.9. The van der Waals surface area contributed by atoms with Gasteiger partial charge in [0.25, 0.3) is 0 Å². The van der Waals surface area contributed by atoms with Gasteiger partial charge >= 0.3 is 0 Å². The highest BCUT2D eigenvalue weighted by Crippen LogP contribution is 2.29. The number of hydrogen-bond donors (Lipinski definition) is 1. The topological polar surface area (TPSA) is 38.5 Å². The lowest BCUT2D eigenvalue weighted by Gasteiger charge is -2.39. The Hall–Kier alpha value is -0.900. The van der Waals surface area contributed by atoms with Crippen LogP contribution in [0, 0.1) is 20.8 Å². The summed E-state index contributed by atoms with van der Waals surface area (Å²) >= 11 is 0. The fourth-order valence-corrected chi connectivity index (χ4v) is 3.44. The molecule has 1 aliphatic heterocycles. The molecule has 3 nitrogen and oxygen atoms in total. The molecule has 0 radical (unpaired) electrons. The third-order valence-corrected chi connectivity index (χ3v) is 4.36. The molecule has 112 valence electrons. The largest absolute Gasteiger partial charge is 0.376 e. The van der Waals surface area contributed by atoms with E-state index in [0.29, 0.717) is 18.7 Å². The minimum Gasteiger partial charge on any atom is -0.376 e. The van der Waals surface area contributed by atoms with Crippen molar-refractivity contribution in [3.63, 3.8) is 0 Å². The van der Waals surface area contributed by atoms with Crippen molar-refractivity contribution in [2.45, 2.75) is 46.3 Å². The van der Waals surface area contributed by atoms with E-state index in [-0.39, 0.29) is 0 Å². The highest BCUT2D eigenvalue weighted by atomic mass is 16.5. The van der Waals surface area contributed by atoms with Crippen molar-refractivity contribution in [3.05, 3.63) is 34.4 Å². The lowest BCUT2D eigenvalue weighted by Crippen LogP contribution is -2.46. The zero-order valence-corrected chi connectivity index (χ0v) is 13.3. The van der Waals surface area contributed by atoms with Crippen LogP contribution in [0.1, 0.15) is 41.6 Å². The van der Waals surface area contributed by atoms with Crippen LogP contribution in [0.5, 0.6) is 0 Å². The van der Waals surface area contributed by atoms with Crippen LogP contribution in [0.4, 0.5) is 0 Å². The molecule has 2 N–H and O–H groups in total. The number of nitrogens with two attached hydrogens (primary N) is 1. The van der Waals surface area contributed by atoms with Crippen molar-refractivity contribution in [1.82, 2.24) is 4.90 Å². The summed E-state index contributed by atoms with van der Waals surface area (Å²) in [4.78, 5) is 2.50. The molecule has 0 aliphatic carbocycles. The average molecular weight is 276 g/mol. The molecule has 0 aromatic heterocycles. The SMILES string of the molecule is CCC1CN(C(CN)c2c(C)cc(C)cc2C)CCO1. The Morgan fingerprint density at radius 2 is 1.95 bits per heavy atom. The molecule has 1 aromatic rings. The Kier molecular flexibility index (Phi) is 5.19. The number of rotatable bonds is 4. The Morgan fingerprint density at radius 1 is 1.30 bits per heavy atom. The van der Waals surface area contributed by atoms with Gasteiger partial charge < -0.3 is 10.5 Å². The highest BCUT2D eigenvalue weighted by molar-refractivity contribution is 5.40. The summed E-state index contributed by atoms with van der Waals surface area (Å²) in [6.07, 6.45) is 1.42. The smallest absolute Gasteiger partial charge is 0.0700 e. The van der Waals surface area contributed by atoms with Crippen LogP contribution in [-0.2, 0) is 4.74 Å². The predicted octanol–water partition coefficient (Wildman–Crippen LogP) is 2.72. The molecule has 0 bridgehead atoms. The Morgan fingerprint density at radius 3 is 2.50 bits per heavy atom. The summed E-state index contributed by atoms with van der Waals surface area (Å²) in [6.45, 7) is 12.2. The van der Waals surface area contributed by atoms with Gasteiger partial charge in [0, 0.05) is 25.7 Å². The fourth-order valence-electron chi connectivity index (χ4n) is 3.44. The van der Waals surface area contributed by atoms with Gasteiger partial charge in [-0.15, -0.1) is 0 Å². The Balaban J connectivity index is 2.28. The third-order valence-electron chi connectivity index (χ3n) is 4.36. The quantitative estimate of drug-likeness (QED) is 0.919. The first kappa shape index (κ1) is 15.5. The summed E-state index contributed by atoms with van der Waals surface area (Å²) in [6, 6.07) is 4.85. The van der Waals surface area contributed by atoms with Crippen LogP contribution in [0.15, 0.2) is 12.1 Å². The van der Waals surface area contributed by atoms with E-state index in [4.69, 9.17) is 10.5 Å². The van der Waals surface area contributed by atoms with E-state index in [9.17, 15) is 0 Å². The van der Waals surface area contributed by atoms with Crippen molar-refractivity contribution in [1.29, 1.82) is 0 Å². The van der Waals surface area contributed by atoms with E-state index in [1.165, 1.54) is 22.3 Å². The second kappa shape index (κ2) is 6.70. The van der Waals surface area contributed by atoms with Crippen molar-refractivity contribution in [2.24, 2.45) is 5.73 Å². The van der Waals surface area contributed by atoms with E-state index in [2.05, 4.69) is 44.7 Å². The van der Waals surface area contributed by atoms with Crippen LogP contribution >= 0.6 is 0 Å². The number of aryl methyl sites for hydroxylation is 3. The molecule has 20 heavy (non-hydrogen) atoms. The zero-order valence-electron chi connectivity index (χ0n) is 13.3. The minimum absolute atomic E-state index is 0.313. The van der Waals surface area contributed by atoms with Gasteiger partial charge in [0.1, 0.15) is 0 Å². The third kappa shape index (κ3) is 3.22. The summed E-state index contributed by atoms with van der Waals surface area (Å²) in [5, 5.41) is 0. The number of ether oxygens (including phenoxy) is 1. The fraction of sp³-hybridized carbons (Fsp3) is 0.647. The minimum atomic E-state index is 0.313. The molecule has 2 rings (SSSR count). The Labute approximate surface area is 123 Å². The molecule has 2 unspecified atom stereocenters. The van der Waals surface area contributed by atoms with Crippen LogP contribution in [0.2, 0.25) is 0 Å². The molecule has 1 aliphatic rings. The molecular weight excluding hydrogens is 248 g/mol. The van der Waals surface area contributed by atoms with Crippen molar-refractivity contribution < 1.29 is 4.74 Å². The first-order valence-corrected chi connectivity index (χ1v) is 7.70. The number of nitrogens with zero attached hydrogens (tertiary/aromatic N) is 1. The van der Waals surface area contributed by atoms with Crippen LogP contribution in [-0.4, -0.2) is 37.2 Å². The van der Waals surface area contributed by atoms with E-state index in [1.54, 1.807) is 0 Å². The Bertz CT molecular complexity index is 435. The van der Waals surface area contributed by atoms with Gasteiger partial charge in [0.15, 0.2) is 0 Å². The summed E-state index contributed by atoms with van der Waals surface area (Å²) in [7, 11) is 0. The molecule has 1 fully saturated rings. The molecule has 0 amide bonds. The molecular formula is C17H28N2O. The summed E-state index contributed by atoms with van der Waals surface area (Å²) in [5.41, 5.74) is 11.6. The maximum atomic E-state index is 6.12. The van der Waals surface area contributed by atoms with Crippen molar-refractivity contribution in [2.75, 3.05) is 26.2 Å². The maximum absolute atomic E-state index is 6.12. The maximum Gasteiger partial charge on any atom is 0.0700 e. The second-order valence-electron chi connectivity index (χ2n) is 5.96. The zero-order chi connectivity index (χ0) is 14.7. The highest BCUT2D eigenvalue weighted by Gasteiger charge is 2.27. The van der Waals surface area contributed by atoms with Crippen molar-refractivity contribution in [3.8, 4) is 0 Å². The van der Waals surface area contributed by atoms with Gasteiger partial charge in [-0.1, -0.05) is 24.6 Å². The lowest BCUT2D eigenvalue weighted by molar-refractivity contribution is -0.0438. The van der Waals surface area contributed by atoms with E-state index in [1.807, 2.05) is 0 Å². The van der Waals surface area contributed by atoms with Crippen LogP contribution < -0.4 is 5.73 Å². The van der Waals surface area contributed by atoms with Crippen molar-refractivity contribution >= 4 is 0 Å². The lowest BCUT2D eigenvalue weighted by atomic mass is 9.92.